The van der Waals surface area contributed by atoms with E-state index in [4.69, 9.17) is 0 Å². The summed E-state index contributed by atoms with van der Waals surface area (Å²) in [6, 6.07) is 4.14. The Morgan fingerprint density at radius 1 is 1.26 bits per heavy atom. The normalized spacial score (nSPS) is 26.3. The second-order valence-electron chi connectivity index (χ2n) is 5.01. The molecule has 0 radical (unpaired) electrons. The average Bonchev–Trinajstić information content (AvgIpc) is 2.83. The first-order chi connectivity index (χ1) is 8.91. The summed E-state index contributed by atoms with van der Waals surface area (Å²) in [5.74, 6) is -0.638. The van der Waals surface area contributed by atoms with Gasteiger partial charge in [-0.15, -0.1) is 0 Å². The zero-order chi connectivity index (χ0) is 13.8. The van der Waals surface area contributed by atoms with Gasteiger partial charge < -0.3 is 10.2 Å². The second kappa shape index (κ2) is 3.96. The van der Waals surface area contributed by atoms with Gasteiger partial charge in [0.15, 0.2) is 0 Å². The standard InChI is InChI=1S/C13H13F3N2O/c1-18-11-7(3-2-4-10(11)13(14,15)16)8-5-17-6-9(8)12(18)19/h2-4,8-9,17H,5-6H2,1H3/t8-,9-/m0/s1. The Morgan fingerprint density at radius 3 is 2.63 bits per heavy atom. The number of carbonyl (C=O) groups is 1. The van der Waals surface area contributed by atoms with E-state index in [2.05, 4.69) is 5.32 Å². The lowest BCUT2D eigenvalue weighted by Crippen LogP contribution is -2.41. The largest absolute Gasteiger partial charge is 0.418 e. The van der Waals surface area contributed by atoms with Crippen LogP contribution in [0.3, 0.4) is 0 Å². The van der Waals surface area contributed by atoms with Crippen molar-refractivity contribution < 1.29 is 18.0 Å². The number of halogens is 3. The predicted octanol–water partition coefficient (Wildman–Crippen LogP) is 1.98. The van der Waals surface area contributed by atoms with E-state index in [-0.39, 0.29) is 23.4 Å². The minimum Gasteiger partial charge on any atom is -0.315 e. The molecule has 0 spiro atoms. The van der Waals surface area contributed by atoms with Crippen LogP contribution in [0.25, 0.3) is 0 Å². The molecular formula is C13H13F3N2O. The Hall–Kier alpha value is -1.56. The van der Waals surface area contributed by atoms with Crippen molar-refractivity contribution in [1.29, 1.82) is 0 Å². The molecule has 3 nitrogen and oxygen atoms in total. The second-order valence-corrected chi connectivity index (χ2v) is 5.01. The molecule has 6 heteroatoms. The van der Waals surface area contributed by atoms with Crippen molar-refractivity contribution in [2.75, 3.05) is 25.0 Å². The molecule has 2 heterocycles. The SMILES string of the molecule is CN1C(=O)[C@H]2CNC[C@H]2c2cccc(C(F)(F)F)c21. The van der Waals surface area contributed by atoms with E-state index in [9.17, 15) is 18.0 Å². The number of carbonyl (C=O) groups excluding carboxylic acids is 1. The van der Waals surface area contributed by atoms with Crippen molar-refractivity contribution >= 4 is 11.6 Å². The van der Waals surface area contributed by atoms with Crippen LogP contribution in [-0.2, 0) is 11.0 Å². The van der Waals surface area contributed by atoms with Crippen LogP contribution in [0.2, 0.25) is 0 Å². The highest BCUT2D eigenvalue weighted by atomic mass is 19.4. The number of para-hydroxylation sites is 1. The molecule has 1 saturated heterocycles. The summed E-state index contributed by atoms with van der Waals surface area (Å²) in [7, 11) is 1.42. The number of nitrogens with one attached hydrogen (secondary N) is 1. The summed E-state index contributed by atoms with van der Waals surface area (Å²) in [5, 5.41) is 3.09. The molecule has 3 rings (SSSR count). The van der Waals surface area contributed by atoms with Crippen molar-refractivity contribution in [2.24, 2.45) is 5.92 Å². The number of hydrogen-bond acceptors (Lipinski definition) is 2. The highest BCUT2D eigenvalue weighted by Gasteiger charge is 2.45. The quantitative estimate of drug-likeness (QED) is 0.782. The van der Waals surface area contributed by atoms with Gasteiger partial charge in [0.1, 0.15) is 0 Å². The molecule has 0 bridgehead atoms. The number of alkyl halides is 3. The van der Waals surface area contributed by atoms with E-state index < -0.39 is 11.7 Å². The minimum atomic E-state index is -4.45. The Balaban J connectivity index is 2.22. The van der Waals surface area contributed by atoms with Crippen LogP contribution in [0.5, 0.6) is 0 Å². The molecule has 1 N–H and O–H groups in total. The van der Waals surface area contributed by atoms with Crippen LogP contribution in [0.4, 0.5) is 18.9 Å². The summed E-state index contributed by atoms with van der Waals surface area (Å²) < 4.78 is 39.2. The van der Waals surface area contributed by atoms with Crippen molar-refractivity contribution in [2.45, 2.75) is 12.1 Å². The fourth-order valence-electron chi connectivity index (χ4n) is 3.09. The van der Waals surface area contributed by atoms with Gasteiger partial charge in [-0.05, 0) is 11.6 Å². The van der Waals surface area contributed by atoms with Crippen LogP contribution in [0.15, 0.2) is 18.2 Å². The van der Waals surface area contributed by atoms with Crippen LogP contribution >= 0.6 is 0 Å². The number of nitrogens with zero attached hydrogens (tertiary/aromatic N) is 1. The smallest absolute Gasteiger partial charge is 0.315 e. The molecule has 2 atom stereocenters. The zero-order valence-corrected chi connectivity index (χ0v) is 10.3. The van der Waals surface area contributed by atoms with E-state index in [0.29, 0.717) is 18.7 Å². The monoisotopic (exact) mass is 270 g/mol. The molecule has 0 saturated carbocycles. The van der Waals surface area contributed by atoms with Gasteiger partial charge in [-0.2, -0.15) is 13.2 Å². The molecule has 1 aromatic rings. The van der Waals surface area contributed by atoms with Crippen LogP contribution < -0.4 is 10.2 Å². The van der Waals surface area contributed by atoms with Crippen LogP contribution in [-0.4, -0.2) is 26.0 Å². The summed E-state index contributed by atoms with van der Waals surface area (Å²) in [6.45, 7) is 1.09. The van der Waals surface area contributed by atoms with Crippen LogP contribution in [0, 0.1) is 5.92 Å². The number of amides is 1. The van der Waals surface area contributed by atoms with Crippen molar-refractivity contribution in [1.82, 2.24) is 5.32 Å². The van der Waals surface area contributed by atoms with Gasteiger partial charge in [0.25, 0.3) is 0 Å². The van der Waals surface area contributed by atoms with Crippen molar-refractivity contribution in [3.05, 3.63) is 29.3 Å². The fourth-order valence-corrected chi connectivity index (χ4v) is 3.09. The van der Waals surface area contributed by atoms with E-state index in [1.807, 2.05) is 0 Å². The average molecular weight is 270 g/mol. The lowest BCUT2D eigenvalue weighted by Gasteiger charge is -2.35. The number of benzene rings is 1. The molecule has 0 unspecified atom stereocenters. The number of hydrogen-bond donors (Lipinski definition) is 1. The van der Waals surface area contributed by atoms with E-state index in [1.165, 1.54) is 13.1 Å². The third-order valence-corrected chi connectivity index (χ3v) is 3.97. The first-order valence-electron chi connectivity index (χ1n) is 6.09. The molecule has 2 aliphatic rings. The molecule has 1 aromatic carbocycles. The summed E-state index contributed by atoms with van der Waals surface area (Å²) in [5.41, 5.74) is -0.0944. The van der Waals surface area contributed by atoms with Crippen molar-refractivity contribution in [3.63, 3.8) is 0 Å². The number of rotatable bonds is 0. The van der Waals surface area contributed by atoms with Crippen LogP contribution in [0.1, 0.15) is 17.0 Å². The Labute approximate surface area is 108 Å². The Morgan fingerprint density at radius 2 is 1.95 bits per heavy atom. The highest BCUT2D eigenvalue weighted by molar-refractivity contribution is 6.00. The lowest BCUT2D eigenvalue weighted by molar-refractivity contribution is -0.137. The van der Waals surface area contributed by atoms with E-state index >= 15 is 0 Å². The van der Waals surface area contributed by atoms with Gasteiger partial charge in [0.05, 0.1) is 17.2 Å². The molecule has 0 aliphatic carbocycles. The molecule has 102 valence electrons. The van der Waals surface area contributed by atoms with Gasteiger partial charge in [0, 0.05) is 26.1 Å². The van der Waals surface area contributed by atoms with Crippen molar-refractivity contribution in [3.8, 4) is 0 Å². The lowest BCUT2D eigenvalue weighted by atomic mass is 9.82. The number of anilines is 1. The van der Waals surface area contributed by atoms with Gasteiger partial charge in [-0.1, -0.05) is 12.1 Å². The molecule has 0 aromatic heterocycles. The minimum absolute atomic E-state index is 0.0185. The highest BCUT2D eigenvalue weighted by Crippen LogP contribution is 2.46. The molecule has 1 amide bonds. The zero-order valence-electron chi connectivity index (χ0n) is 10.3. The van der Waals surface area contributed by atoms with E-state index in [1.54, 1.807) is 6.07 Å². The Kier molecular flexibility index (Phi) is 2.60. The first-order valence-corrected chi connectivity index (χ1v) is 6.09. The maximum absolute atomic E-state index is 13.1. The van der Waals surface area contributed by atoms with Gasteiger partial charge in [0.2, 0.25) is 5.91 Å². The number of fused-ring (bicyclic) bond motifs is 3. The molecule has 19 heavy (non-hydrogen) atoms. The third kappa shape index (κ3) is 1.74. The van der Waals surface area contributed by atoms with Gasteiger partial charge >= 0.3 is 6.18 Å². The third-order valence-electron chi connectivity index (χ3n) is 3.97. The summed E-state index contributed by atoms with van der Waals surface area (Å²) in [6.07, 6.45) is -4.45. The van der Waals surface area contributed by atoms with E-state index in [0.717, 1.165) is 11.0 Å². The summed E-state index contributed by atoms with van der Waals surface area (Å²) in [4.78, 5) is 13.3. The maximum Gasteiger partial charge on any atom is 0.418 e. The van der Waals surface area contributed by atoms with Gasteiger partial charge in [-0.3, -0.25) is 4.79 Å². The molecule has 2 aliphatic heterocycles. The first kappa shape index (κ1) is 12.5. The van der Waals surface area contributed by atoms with Gasteiger partial charge in [-0.25, -0.2) is 0 Å². The molecule has 1 fully saturated rings. The summed E-state index contributed by atoms with van der Waals surface area (Å²) >= 11 is 0. The predicted molar refractivity (Wildman–Crippen MR) is 64.0 cm³/mol. The fraction of sp³-hybridized carbons (Fsp3) is 0.462. The molecular weight excluding hydrogens is 257 g/mol. The maximum atomic E-state index is 13.1. The topological polar surface area (TPSA) is 32.3 Å². The Bertz CT molecular complexity index is 541.